The number of methoxy groups -OCH3 is 1. The Morgan fingerprint density at radius 1 is 1.28 bits per heavy atom. The molecule has 1 aromatic rings. The number of nitrogen functional groups attached to an aromatic ring is 1. The van der Waals surface area contributed by atoms with E-state index in [2.05, 4.69) is 15.0 Å². The maximum Gasteiger partial charge on any atom is 0.306 e. The summed E-state index contributed by atoms with van der Waals surface area (Å²) in [5, 5.41) is 10.3. The van der Waals surface area contributed by atoms with Crippen molar-refractivity contribution in [2.75, 3.05) is 37.9 Å². The Morgan fingerprint density at radius 3 is 2.44 bits per heavy atom. The van der Waals surface area contributed by atoms with Crippen LogP contribution in [0.4, 0.5) is 5.69 Å². The number of benzene rings is 1. The van der Waals surface area contributed by atoms with Crippen molar-refractivity contribution in [2.45, 2.75) is 37.8 Å². The minimum atomic E-state index is -3.48. The molecule has 1 aromatic carbocycles. The van der Waals surface area contributed by atoms with Gasteiger partial charge in [-0.2, -0.15) is 4.31 Å². The second kappa shape index (κ2) is 9.86. The second-order valence-corrected chi connectivity index (χ2v) is 10.4. The molecule has 0 unspecified atom stereocenters. The molecule has 1 amide bonds. The number of sulfonamides is 1. The molecule has 11 heteroatoms. The van der Waals surface area contributed by atoms with Crippen LogP contribution in [0.2, 0.25) is 0 Å². The number of piperidine rings is 1. The number of nitrogens with one attached hydrogen (secondary N) is 2. The van der Waals surface area contributed by atoms with Gasteiger partial charge in [0.15, 0.2) is 0 Å². The monoisotopic (exact) mass is 465 g/mol. The number of nitrogens with two attached hydrogens (primary N) is 1. The number of amides is 1. The molecule has 2 saturated heterocycles. The average molecular weight is 466 g/mol. The number of nitrogens with zero attached hydrogens (tertiary/aromatic N) is 2. The Morgan fingerprint density at radius 2 is 1.91 bits per heavy atom. The van der Waals surface area contributed by atoms with Gasteiger partial charge in [-0.25, -0.2) is 8.42 Å². The van der Waals surface area contributed by atoms with Gasteiger partial charge in [0, 0.05) is 43.0 Å². The molecule has 2 aliphatic rings. The van der Waals surface area contributed by atoms with Crippen LogP contribution in [0.25, 0.3) is 0 Å². The summed E-state index contributed by atoms with van der Waals surface area (Å²) in [6.07, 6.45) is 2.92. The normalized spacial score (nSPS) is 22.1. The van der Waals surface area contributed by atoms with E-state index in [1.807, 2.05) is 12.1 Å². The van der Waals surface area contributed by atoms with Crippen LogP contribution >= 0.6 is 0 Å². The molecule has 0 spiro atoms. The first-order valence-electron chi connectivity index (χ1n) is 10.6. The van der Waals surface area contributed by atoms with Crippen molar-refractivity contribution in [3.63, 3.8) is 0 Å². The molecular weight excluding hydrogens is 434 g/mol. The zero-order chi connectivity index (χ0) is 23.5. The van der Waals surface area contributed by atoms with Gasteiger partial charge in [0.05, 0.1) is 25.7 Å². The van der Waals surface area contributed by atoms with Gasteiger partial charge in [-0.1, -0.05) is 0 Å². The van der Waals surface area contributed by atoms with E-state index in [0.29, 0.717) is 37.9 Å². The summed E-state index contributed by atoms with van der Waals surface area (Å²) in [5.41, 5.74) is 7.18. The van der Waals surface area contributed by atoms with E-state index in [1.165, 1.54) is 17.7 Å². The number of ether oxygens (including phenoxy) is 1. The molecule has 2 heterocycles. The third-order valence-electron chi connectivity index (χ3n) is 6.17. The van der Waals surface area contributed by atoms with Crippen LogP contribution in [0.15, 0.2) is 24.3 Å². The summed E-state index contributed by atoms with van der Waals surface area (Å²) in [6, 6.07) is 6.96. The second-order valence-electron chi connectivity index (χ2n) is 8.43. The number of hydrogen-bond acceptors (Lipinski definition) is 7. The molecule has 0 aromatic heterocycles. The third kappa shape index (κ3) is 5.77. The first-order valence-corrected chi connectivity index (χ1v) is 12.5. The van der Waals surface area contributed by atoms with Gasteiger partial charge in [0.25, 0.3) is 0 Å². The molecule has 0 saturated carbocycles. The minimum Gasteiger partial charge on any atom is -0.469 e. The van der Waals surface area contributed by atoms with Crippen molar-refractivity contribution >= 4 is 33.4 Å². The highest BCUT2D eigenvalue weighted by atomic mass is 32.2. The van der Waals surface area contributed by atoms with Gasteiger partial charge in [0.1, 0.15) is 5.84 Å². The lowest BCUT2D eigenvalue weighted by Gasteiger charge is -2.39. The van der Waals surface area contributed by atoms with E-state index in [4.69, 9.17) is 11.1 Å². The van der Waals surface area contributed by atoms with Crippen molar-refractivity contribution < 1.29 is 22.7 Å². The average Bonchev–Trinajstić information content (AvgIpc) is 3.10. The maximum atomic E-state index is 12.6. The molecule has 32 heavy (non-hydrogen) atoms. The smallest absolute Gasteiger partial charge is 0.306 e. The van der Waals surface area contributed by atoms with Crippen LogP contribution in [0.1, 0.15) is 31.2 Å². The lowest BCUT2D eigenvalue weighted by atomic mass is 10.00. The molecule has 0 radical (unpaired) electrons. The highest BCUT2D eigenvalue weighted by molar-refractivity contribution is 7.88. The van der Waals surface area contributed by atoms with Gasteiger partial charge in [-0.3, -0.25) is 15.0 Å². The molecule has 3 rings (SSSR count). The largest absolute Gasteiger partial charge is 0.469 e. The first kappa shape index (κ1) is 24.0. The molecule has 4 N–H and O–H groups in total. The van der Waals surface area contributed by atoms with Crippen molar-refractivity contribution in [3.8, 4) is 0 Å². The van der Waals surface area contributed by atoms with Crippen molar-refractivity contribution in [2.24, 2.45) is 11.7 Å². The van der Waals surface area contributed by atoms with Crippen LogP contribution in [0.3, 0.4) is 0 Å². The van der Waals surface area contributed by atoms with E-state index in [1.54, 1.807) is 12.1 Å². The molecule has 176 valence electrons. The van der Waals surface area contributed by atoms with Crippen molar-refractivity contribution in [3.05, 3.63) is 29.8 Å². The fraction of sp³-hybridized carbons (Fsp3) is 0.571. The Balaban J connectivity index is 1.61. The number of carbonyl (C=O) groups is 2. The van der Waals surface area contributed by atoms with Crippen LogP contribution in [-0.2, 0) is 24.3 Å². The van der Waals surface area contributed by atoms with E-state index >= 15 is 0 Å². The Hall–Kier alpha value is -2.66. The summed E-state index contributed by atoms with van der Waals surface area (Å²) in [4.78, 5) is 25.9. The highest BCUT2D eigenvalue weighted by Gasteiger charge is 2.38. The van der Waals surface area contributed by atoms with Gasteiger partial charge in [-0.15, -0.1) is 0 Å². The predicted octanol–water partition coefficient (Wildman–Crippen LogP) is 0.269. The first-order chi connectivity index (χ1) is 15.1. The molecule has 10 nitrogen and oxygen atoms in total. The SMILES string of the molecule is COC(=O)C[C@@H]1C[C@@H](CN(C2CCN(c3ccc(C(=N)N)cc3)CC2)S(C)(=O)=O)NC1=O. The number of esters is 1. The van der Waals surface area contributed by atoms with E-state index in [9.17, 15) is 18.0 Å². The van der Waals surface area contributed by atoms with E-state index < -0.39 is 21.9 Å². The number of rotatable bonds is 8. The van der Waals surface area contributed by atoms with Gasteiger partial charge < -0.3 is 20.7 Å². The zero-order valence-electron chi connectivity index (χ0n) is 18.4. The molecule has 2 atom stereocenters. The topological polar surface area (TPSA) is 146 Å². The van der Waals surface area contributed by atoms with Crippen LogP contribution < -0.4 is 16.0 Å². The van der Waals surface area contributed by atoms with Crippen molar-refractivity contribution in [1.82, 2.24) is 9.62 Å². The molecule has 2 aliphatic heterocycles. The molecule has 0 bridgehead atoms. The lowest BCUT2D eigenvalue weighted by Crippen LogP contribution is -2.51. The molecule has 2 fully saturated rings. The molecular formula is C21H31N5O5S. The number of carbonyl (C=O) groups excluding carboxylic acids is 2. The molecule has 0 aliphatic carbocycles. The van der Waals surface area contributed by atoms with Crippen LogP contribution in [0.5, 0.6) is 0 Å². The highest BCUT2D eigenvalue weighted by Crippen LogP contribution is 2.27. The van der Waals surface area contributed by atoms with E-state index in [-0.39, 0.29) is 36.8 Å². The fourth-order valence-electron chi connectivity index (χ4n) is 4.45. The Bertz CT molecular complexity index is 957. The summed E-state index contributed by atoms with van der Waals surface area (Å²) >= 11 is 0. The van der Waals surface area contributed by atoms with Crippen LogP contribution in [-0.4, -0.2) is 75.5 Å². The Kier molecular flexibility index (Phi) is 7.40. The van der Waals surface area contributed by atoms with Crippen molar-refractivity contribution in [1.29, 1.82) is 5.41 Å². The summed E-state index contributed by atoms with van der Waals surface area (Å²) in [7, 11) is -2.20. The summed E-state index contributed by atoms with van der Waals surface area (Å²) in [6.45, 7) is 1.58. The van der Waals surface area contributed by atoms with Gasteiger partial charge in [0.2, 0.25) is 15.9 Å². The number of hydrogen-bond donors (Lipinski definition) is 3. The van der Waals surface area contributed by atoms with Gasteiger partial charge >= 0.3 is 5.97 Å². The maximum absolute atomic E-state index is 12.6. The standard InChI is InChI=1S/C21H31N5O5S/c1-31-19(27)12-15-11-16(24-21(15)28)13-26(32(2,29)30)18-7-9-25(10-8-18)17-5-3-14(4-6-17)20(22)23/h3-6,15-16,18H,7-13H2,1-2H3,(H3,22,23)(H,24,28)/t15-,16-/m0/s1. The zero-order valence-corrected chi connectivity index (χ0v) is 19.2. The number of amidine groups is 1. The minimum absolute atomic E-state index is 0.00147. The summed E-state index contributed by atoms with van der Waals surface area (Å²) in [5.74, 6) is -1.16. The van der Waals surface area contributed by atoms with Gasteiger partial charge in [-0.05, 0) is 43.5 Å². The number of anilines is 1. The predicted molar refractivity (Wildman–Crippen MR) is 121 cm³/mol. The third-order valence-corrected chi connectivity index (χ3v) is 7.47. The Labute approximate surface area is 188 Å². The van der Waals surface area contributed by atoms with Crippen LogP contribution in [0, 0.1) is 11.3 Å². The quantitative estimate of drug-likeness (QED) is 0.284. The summed E-state index contributed by atoms with van der Waals surface area (Å²) < 4.78 is 31.2. The lowest BCUT2D eigenvalue weighted by molar-refractivity contribution is -0.143. The fourth-order valence-corrected chi connectivity index (χ4v) is 5.65. The van der Waals surface area contributed by atoms with E-state index in [0.717, 1.165) is 5.69 Å².